The van der Waals surface area contributed by atoms with Gasteiger partial charge in [-0.15, -0.1) is 0 Å². The molecule has 2 aromatic carbocycles. The van der Waals surface area contributed by atoms with Crippen molar-refractivity contribution in [3.8, 4) is 0 Å². The Hall–Kier alpha value is -2.75. The number of hydrogen-bond donors (Lipinski definition) is 1. The van der Waals surface area contributed by atoms with E-state index in [9.17, 15) is 19.5 Å². The second-order valence-corrected chi connectivity index (χ2v) is 6.95. The van der Waals surface area contributed by atoms with Crippen LogP contribution in [0.3, 0.4) is 0 Å². The molecule has 5 rings (SSSR count). The second kappa shape index (κ2) is 4.20. The van der Waals surface area contributed by atoms with Crippen LogP contribution >= 0.6 is 0 Å². The molecular formula is C20H14O4. The number of rotatable bonds is 1. The van der Waals surface area contributed by atoms with Gasteiger partial charge in [-0.05, 0) is 29.7 Å². The summed E-state index contributed by atoms with van der Waals surface area (Å²) in [4.78, 5) is 37.4. The third kappa shape index (κ3) is 1.34. The first-order valence-electron chi connectivity index (χ1n) is 8.06. The van der Waals surface area contributed by atoms with E-state index >= 15 is 0 Å². The number of Topliss-reactive ketones (excluding diaryl/α,β-unsaturated/α-hetero) is 2. The van der Waals surface area contributed by atoms with Crippen molar-refractivity contribution in [2.75, 3.05) is 0 Å². The Morgan fingerprint density at radius 3 is 2.00 bits per heavy atom. The minimum absolute atomic E-state index is 0.0573. The standard InChI is InChI=1S/C20H14O4/c1-8-4-2-5-9-12(8)18(21)16-14(9)17-15(16)10-6-3-7-11(20(23)24)13(10)19(17)22/h2-7,14-17H,1H3,(H,23,24). The summed E-state index contributed by atoms with van der Waals surface area (Å²) in [5.74, 6) is -1.88. The van der Waals surface area contributed by atoms with Crippen molar-refractivity contribution in [1.82, 2.24) is 0 Å². The van der Waals surface area contributed by atoms with Gasteiger partial charge in [-0.3, -0.25) is 9.59 Å². The van der Waals surface area contributed by atoms with Gasteiger partial charge in [0.05, 0.1) is 5.56 Å². The smallest absolute Gasteiger partial charge is 0.336 e. The number of ketones is 2. The van der Waals surface area contributed by atoms with Crippen molar-refractivity contribution in [2.24, 2.45) is 11.8 Å². The van der Waals surface area contributed by atoms with E-state index in [0.717, 1.165) is 22.3 Å². The molecule has 4 heteroatoms. The molecule has 0 aliphatic heterocycles. The van der Waals surface area contributed by atoms with E-state index in [1.54, 1.807) is 6.07 Å². The van der Waals surface area contributed by atoms with Crippen molar-refractivity contribution in [3.05, 3.63) is 69.8 Å². The lowest BCUT2D eigenvalue weighted by Crippen LogP contribution is -2.43. The average molecular weight is 318 g/mol. The van der Waals surface area contributed by atoms with E-state index in [1.807, 2.05) is 31.2 Å². The van der Waals surface area contributed by atoms with Gasteiger partial charge in [0, 0.05) is 34.8 Å². The summed E-state index contributed by atoms with van der Waals surface area (Å²) in [6, 6.07) is 10.7. The molecule has 4 nitrogen and oxygen atoms in total. The van der Waals surface area contributed by atoms with Crippen LogP contribution in [0.15, 0.2) is 36.4 Å². The average Bonchev–Trinajstić information content (AvgIpc) is 2.89. The van der Waals surface area contributed by atoms with Gasteiger partial charge < -0.3 is 5.11 Å². The molecule has 2 aromatic rings. The number of carbonyl (C=O) groups excluding carboxylic acids is 2. The third-order valence-electron chi connectivity index (χ3n) is 6.00. The van der Waals surface area contributed by atoms with Gasteiger partial charge in [0.25, 0.3) is 0 Å². The topological polar surface area (TPSA) is 71.4 Å². The van der Waals surface area contributed by atoms with E-state index in [2.05, 4.69) is 0 Å². The maximum Gasteiger partial charge on any atom is 0.336 e. The first-order valence-corrected chi connectivity index (χ1v) is 8.06. The molecule has 0 aromatic heterocycles. The molecule has 0 heterocycles. The predicted octanol–water partition coefficient (Wildman–Crippen LogP) is 3.20. The molecule has 1 N–H and O–H groups in total. The highest BCUT2D eigenvalue weighted by Crippen LogP contribution is 2.67. The van der Waals surface area contributed by atoms with Crippen LogP contribution in [-0.2, 0) is 0 Å². The van der Waals surface area contributed by atoms with Crippen molar-refractivity contribution < 1.29 is 19.5 Å². The highest BCUT2D eigenvalue weighted by molar-refractivity contribution is 6.16. The number of aryl methyl sites for hydroxylation is 1. The third-order valence-corrected chi connectivity index (χ3v) is 6.00. The van der Waals surface area contributed by atoms with Crippen LogP contribution in [0.1, 0.15) is 59.6 Å². The number of fused-ring (bicyclic) bond motifs is 8. The van der Waals surface area contributed by atoms with E-state index in [4.69, 9.17) is 0 Å². The summed E-state index contributed by atoms with van der Waals surface area (Å²) in [7, 11) is 0. The van der Waals surface area contributed by atoms with Crippen LogP contribution in [0.4, 0.5) is 0 Å². The van der Waals surface area contributed by atoms with Gasteiger partial charge in [0.15, 0.2) is 11.6 Å². The fourth-order valence-electron chi connectivity index (χ4n) is 5.11. The quantitative estimate of drug-likeness (QED) is 0.876. The lowest BCUT2D eigenvalue weighted by molar-refractivity contribution is 0.0590. The first kappa shape index (κ1) is 13.7. The summed E-state index contributed by atoms with van der Waals surface area (Å²) in [5.41, 5.74) is 3.80. The zero-order valence-corrected chi connectivity index (χ0v) is 12.9. The van der Waals surface area contributed by atoms with Crippen molar-refractivity contribution in [1.29, 1.82) is 0 Å². The summed E-state index contributed by atoms with van der Waals surface area (Å²) >= 11 is 0. The molecule has 0 amide bonds. The Bertz CT molecular complexity index is 972. The van der Waals surface area contributed by atoms with Gasteiger partial charge in [-0.25, -0.2) is 4.79 Å². The summed E-state index contributed by atoms with van der Waals surface area (Å²) in [5, 5.41) is 9.39. The number of carbonyl (C=O) groups is 3. The fraction of sp³-hybridized carbons (Fsp3) is 0.250. The molecule has 24 heavy (non-hydrogen) atoms. The van der Waals surface area contributed by atoms with E-state index in [0.29, 0.717) is 5.56 Å². The number of hydrogen-bond acceptors (Lipinski definition) is 3. The molecule has 1 fully saturated rings. The maximum absolute atomic E-state index is 13.0. The lowest BCUT2D eigenvalue weighted by atomic mass is 9.57. The predicted molar refractivity (Wildman–Crippen MR) is 85.7 cm³/mol. The minimum atomic E-state index is -1.09. The Balaban J connectivity index is 1.70. The van der Waals surface area contributed by atoms with Gasteiger partial charge in [-0.1, -0.05) is 30.3 Å². The Kier molecular flexibility index (Phi) is 2.39. The second-order valence-electron chi connectivity index (χ2n) is 6.95. The van der Waals surface area contributed by atoms with Crippen molar-refractivity contribution >= 4 is 17.5 Å². The maximum atomic E-state index is 13.0. The molecule has 4 unspecified atom stereocenters. The molecular weight excluding hydrogens is 304 g/mol. The van der Waals surface area contributed by atoms with Crippen molar-refractivity contribution in [2.45, 2.75) is 18.8 Å². The molecule has 3 aliphatic carbocycles. The van der Waals surface area contributed by atoms with Crippen LogP contribution in [0, 0.1) is 18.8 Å². The van der Waals surface area contributed by atoms with Gasteiger partial charge >= 0.3 is 5.97 Å². The summed E-state index contributed by atoms with van der Waals surface area (Å²) < 4.78 is 0. The summed E-state index contributed by atoms with van der Waals surface area (Å²) in [6.45, 7) is 1.93. The Labute approximate surface area is 138 Å². The largest absolute Gasteiger partial charge is 0.478 e. The van der Waals surface area contributed by atoms with Gasteiger partial charge in [-0.2, -0.15) is 0 Å². The number of aromatic carboxylic acids is 1. The Morgan fingerprint density at radius 2 is 1.38 bits per heavy atom. The molecule has 3 aliphatic rings. The molecule has 0 saturated heterocycles. The molecule has 118 valence electrons. The van der Waals surface area contributed by atoms with E-state index in [-0.39, 0.29) is 40.8 Å². The number of carboxylic acids is 1. The molecule has 1 saturated carbocycles. The van der Waals surface area contributed by atoms with E-state index < -0.39 is 5.97 Å². The first-order chi connectivity index (χ1) is 11.5. The zero-order chi connectivity index (χ0) is 16.7. The van der Waals surface area contributed by atoms with Gasteiger partial charge in [0.1, 0.15) is 0 Å². The van der Waals surface area contributed by atoms with Crippen LogP contribution in [0.5, 0.6) is 0 Å². The minimum Gasteiger partial charge on any atom is -0.478 e. The van der Waals surface area contributed by atoms with Crippen molar-refractivity contribution in [3.63, 3.8) is 0 Å². The zero-order valence-electron chi connectivity index (χ0n) is 12.9. The van der Waals surface area contributed by atoms with Crippen LogP contribution in [-0.4, -0.2) is 22.6 Å². The lowest BCUT2D eigenvalue weighted by Gasteiger charge is -2.43. The molecule has 4 atom stereocenters. The van der Waals surface area contributed by atoms with Crippen LogP contribution in [0.25, 0.3) is 0 Å². The van der Waals surface area contributed by atoms with Crippen LogP contribution < -0.4 is 0 Å². The fourth-order valence-corrected chi connectivity index (χ4v) is 5.11. The van der Waals surface area contributed by atoms with E-state index in [1.165, 1.54) is 6.07 Å². The molecule has 0 spiro atoms. The monoisotopic (exact) mass is 318 g/mol. The SMILES string of the molecule is Cc1cccc2c1C(=O)C1C2C2C(=O)c3c(C(=O)O)cccc3C12. The van der Waals surface area contributed by atoms with Crippen LogP contribution in [0.2, 0.25) is 0 Å². The normalized spacial score (nSPS) is 28.7. The molecule has 0 bridgehead atoms. The van der Waals surface area contributed by atoms with Gasteiger partial charge in [0.2, 0.25) is 0 Å². The highest BCUT2D eigenvalue weighted by atomic mass is 16.4. The summed E-state index contributed by atoms with van der Waals surface area (Å²) in [6.07, 6.45) is 0. The number of benzene rings is 2. The number of carboxylic acid groups (broad SMARTS) is 1. The highest BCUT2D eigenvalue weighted by Gasteiger charge is 2.65. The Morgan fingerprint density at radius 1 is 0.833 bits per heavy atom. The molecule has 0 radical (unpaired) electrons.